The summed E-state index contributed by atoms with van der Waals surface area (Å²) < 4.78 is 18.1. The molecule has 0 spiro atoms. The lowest BCUT2D eigenvalue weighted by molar-refractivity contribution is -0.139. The van der Waals surface area contributed by atoms with E-state index in [0.717, 1.165) is 15.4 Å². The van der Waals surface area contributed by atoms with Crippen molar-refractivity contribution in [1.29, 1.82) is 0 Å². The minimum atomic E-state index is -0.581. The maximum absolute atomic E-state index is 13.0. The van der Waals surface area contributed by atoms with Gasteiger partial charge >= 0.3 is 12.0 Å². The maximum Gasteiger partial charge on any atom is 0.338 e. The van der Waals surface area contributed by atoms with Crippen LogP contribution in [0.15, 0.2) is 69.6 Å². The number of esters is 1. The summed E-state index contributed by atoms with van der Waals surface area (Å²) in [5, 5.41) is 5.38. The minimum absolute atomic E-state index is 0.253. The van der Waals surface area contributed by atoms with Gasteiger partial charge < -0.3 is 15.4 Å². The van der Waals surface area contributed by atoms with E-state index in [9.17, 15) is 14.0 Å². The van der Waals surface area contributed by atoms with E-state index < -0.39 is 12.0 Å². The van der Waals surface area contributed by atoms with Crippen molar-refractivity contribution in [3.05, 3.63) is 71.2 Å². The number of allylic oxidation sites excluding steroid dienone is 1. The van der Waals surface area contributed by atoms with Gasteiger partial charge in [0.25, 0.3) is 0 Å². The van der Waals surface area contributed by atoms with Gasteiger partial charge in [0.2, 0.25) is 0 Å². The van der Waals surface area contributed by atoms with E-state index in [0.29, 0.717) is 11.3 Å². The molecule has 3 rings (SSSR count). The molecule has 0 saturated heterocycles. The normalized spacial score (nSPS) is 16.6. The van der Waals surface area contributed by atoms with E-state index in [4.69, 9.17) is 4.74 Å². The summed E-state index contributed by atoms with van der Waals surface area (Å²) >= 11 is 1.50. The van der Waals surface area contributed by atoms with Gasteiger partial charge in [-0.3, -0.25) is 0 Å². The molecular formula is C20H19FN2O3S. The molecule has 2 aromatic carbocycles. The zero-order valence-electron chi connectivity index (χ0n) is 14.9. The first-order valence-electron chi connectivity index (χ1n) is 8.46. The Morgan fingerprint density at radius 1 is 1.11 bits per heavy atom. The second-order valence-electron chi connectivity index (χ2n) is 5.92. The molecule has 27 heavy (non-hydrogen) atoms. The molecule has 1 aliphatic heterocycles. The molecular weight excluding hydrogens is 367 g/mol. The molecule has 0 aromatic heterocycles. The van der Waals surface area contributed by atoms with E-state index in [1.165, 1.54) is 23.9 Å². The average Bonchev–Trinajstić information content (AvgIpc) is 2.64. The van der Waals surface area contributed by atoms with Gasteiger partial charge in [-0.25, -0.2) is 14.0 Å². The van der Waals surface area contributed by atoms with Crippen molar-refractivity contribution >= 4 is 23.8 Å². The molecule has 1 heterocycles. The summed E-state index contributed by atoms with van der Waals surface area (Å²) in [5.41, 5.74) is 1.64. The molecule has 2 aromatic rings. The Bertz CT molecular complexity index is 879. The fourth-order valence-electron chi connectivity index (χ4n) is 2.79. The van der Waals surface area contributed by atoms with Gasteiger partial charge in [-0.1, -0.05) is 23.9 Å². The van der Waals surface area contributed by atoms with Gasteiger partial charge in [-0.15, -0.1) is 0 Å². The average molecular weight is 386 g/mol. The second kappa shape index (κ2) is 8.26. The molecule has 5 nitrogen and oxygen atoms in total. The zero-order chi connectivity index (χ0) is 19.4. The third-order valence-corrected chi connectivity index (χ3v) is 5.04. The number of hydrogen-bond acceptors (Lipinski definition) is 4. The highest BCUT2D eigenvalue weighted by Crippen LogP contribution is 2.31. The van der Waals surface area contributed by atoms with E-state index in [1.54, 1.807) is 26.0 Å². The molecule has 0 radical (unpaired) electrons. The first kappa shape index (κ1) is 19.0. The molecule has 7 heteroatoms. The highest BCUT2D eigenvalue weighted by Gasteiger charge is 2.31. The highest BCUT2D eigenvalue weighted by molar-refractivity contribution is 7.99. The smallest absolute Gasteiger partial charge is 0.338 e. The standard InChI is InChI=1S/C20H19FN2O3S/c1-3-26-19(24)17-12(2)22-20(25)23-18(17)13-4-8-15(9-5-13)27-16-10-6-14(21)7-11-16/h4-11,18H,3H2,1-2H3,(H2,22,23,25). The van der Waals surface area contributed by atoms with Crippen LogP contribution in [0.2, 0.25) is 0 Å². The molecule has 0 saturated carbocycles. The second-order valence-corrected chi connectivity index (χ2v) is 7.06. The number of rotatable bonds is 5. The molecule has 1 unspecified atom stereocenters. The van der Waals surface area contributed by atoms with Crippen molar-refractivity contribution in [2.45, 2.75) is 29.7 Å². The van der Waals surface area contributed by atoms with Crippen molar-refractivity contribution in [2.75, 3.05) is 6.61 Å². The lowest BCUT2D eigenvalue weighted by Gasteiger charge is -2.28. The van der Waals surface area contributed by atoms with Gasteiger partial charge in [-0.2, -0.15) is 0 Å². The van der Waals surface area contributed by atoms with E-state index >= 15 is 0 Å². The highest BCUT2D eigenvalue weighted by atomic mass is 32.2. The first-order valence-corrected chi connectivity index (χ1v) is 9.28. The Hall–Kier alpha value is -2.80. The van der Waals surface area contributed by atoms with Crippen molar-refractivity contribution in [3.8, 4) is 0 Å². The Morgan fingerprint density at radius 3 is 2.30 bits per heavy atom. The van der Waals surface area contributed by atoms with Gasteiger partial charge in [0.1, 0.15) is 5.82 Å². The van der Waals surface area contributed by atoms with Crippen LogP contribution in [0, 0.1) is 5.82 Å². The topological polar surface area (TPSA) is 67.4 Å². The predicted molar refractivity (Wildman–Crippen MR) is 101 cm³/mol. The van der Waals surface area contributed by atoms with Crippen LogP contribution in [0.3, 0.4) is 0 Å². The summed E-state index contributed by atoms with van der Waals surface area (Å²) in [5.74, 6) is -0.734. The fraction of sp³-hybridized carbons (Fsp3) is 0.200. The fourth-order valence-corrected chi connectivity index (χ4v) is 3.61. The van der Waals surface area contributed by atoms with Crippen LogP contribution in [-0.4, -0.2) is 18.6 Å². The Labute approximate surface area is 161 Å². The number of carbonyl (C=O) groups is 2. The summed E-state index contributed by atoms with van der Waals surface area (Å²) in [6, 6.07) is 12.8. The van der Waals surface area contributed by atoms with Crippen LogP contribution < -0.4 is 10.6 Å². The largest absolute Gasteiger partial charge is 0.463 e. The van der Waals surface area contributed by atoms with Crippen LogP contribution in [0.4, 0.5) is 9.18 Å². The summed E-state index contributed by atoms with van der Waals surface area (Å²) in [4.78, 5) is 26.1. The Kier molecular flexibility index (Phi) is 5.81. The summed E-state index contributed by atoms with van der Waals surface area (Å²) in [6.45, 7) is 3.67. The minimum Gasteiger partial charge on any atom is -0.463 e. The molecule has 140 valence electrons. The van der Waals surface area contributed by atoms with Crippen LogP contribution in [0.1, 0.15) is 25.5 Å². The molecule has 0 aliphatic carbocycles. The van der Waals surface area contributed by atoms with Crippen LogP contribution >= 0.6 is 11.8 Å². The predicted octanol–water partition coefficient (Wildman–Crippen LogP) is 4.17. The Morgan fingerprint density at radius 2 is 1.70 bits per heavy atom. The summed E-state index contributed by atoms with van der Waals surface area (Å²) in [7, 11) is 0. The lowest BCUT2D eigenvalue weighted by Crippen LogP contribution is -2.45. The van der Waals surface area contributed by atoms with Crippen molar-refractivity contribution in [3.63, 3.8) is 0 Å². The number of hydrogen-bond donors (Lipinski definition) is 2. The molecule has 2 amide bonds. The molecule has 1 atom stereocenters. The van der Waals surface area contributed by atoms with Gasteiger partial charge in [-0.05, 0) is 55.8 Å². The zero-order valence-corrected chi connectivity index (χ0v) is 15.7. The SMILES string of the molecule is CCOC(=O)C1=C(C)NC(=O)NC1c1ccc(Sc2ccc(F)cc2)cc1. The first-order chi connectivity index (χ1) is 13.0. The summed E-state index contributed by atoms with van der Waals surface area (Å²) in [6.07, 6.45) is 0. The number of amides is 2. The number of carbonyl (C=O) groups excluding carboxylic acids is 2. The molecule has 0 bridgehead atoms. The van der Waals surface area contributed by atoms with Crippen LogP contribution in [0.25, 0.3) is 0 Å². The molecule has 0 fully saturated rings. The van der Waals surface area contributed by atoms with E-state index in [2.05, 4.69) is 10.6 Å². The maximum atomic E-state index is 13.0. The van der Waals surface area contributed by atoms with Gasteiger partial charge in [0.05, 0.1) is 18.2 Å². The lowest BCUT2D eigenvalue weighted by atomic mass is 9.96. The number of halogens is 1. The van der Waals surface area contributed by atoms with Crippen molar-refractivity contribution in [1.82, 2.24) is 10.6 Å². The number of urea groups is 1. The molecule has 2 N–H and O–H groups in total. The number of benzene rings is 2. The molecule has 1 aliphatic rings. The van der Waals surface area contributed by atoms with Crippen molar-refractivity contribution < 1.29 is 18.7 Å². The van der Waals surface area contributed by atoms with Crippen LogP contribution in [0.5, 0.6) is 0 Å². The van der Waals surface area contributed by atoms with Crippen molar-refractivity contribution in [2.24, 2.45) is 0 Å². The third kappa shape index (κ3) is 4.49. The third-order valence-electron chi connectivity index (χ3n) is 4.03. The van der Waals surface area contributed by atoms with Gasteiger partial charge in [0, 0.05) is 15.5 Å². The van der Waals surface area contributed by atoms with E-state index in [1.807, 2.05) is 24.3 Å². The van der Waals surface area contributed by atoms with Gasteiger partial charge in [0.15, 0.2) is 0 Å². The Balaban J connectivity index is 1.83. The van der Waals surface area contributed by atoms with E-state index in [-0.39, 0.29) is 18.5 Å². The quantitative estimate of drug-likeness (QED) is 0.757. The number of ether oxygens (including phenoxy) is 1. The number of nitrogens with one attached hydrogen (secondary N) is 2. The monoisotopic (exact) mass is 386 g/mol. The van der Waals surface area contributed by atoms with Crippen LogP contribution in [-0.2, 0) is 9.53 Å².